The third-order valence-corrected chi connectivity index (χ3v) is 6.01. The number of methoxy groups -OCH3 is 1. The Bertz CT molecular complexity index is 368. The van der Waals surface area contributed by atoms with E-state index in [1.807, 2.05) is 12.0 Å². The number of carbonyl (C=O) groups excluding carboxylic acids is 1. The minimum absolute atomic E-state index is 0.174. The number of rotatable bonds is 3. The van der Waals surface area contributed by atoms with Gasteiger partial charge in [0.05, 0.1) is 6.10 Å². The van der Waals surface area contributed by atoms with E-state index in [1.54, 1.807) is 0 Å². The normalized spacial score (nSPS) is 26.4. The number of likely N-dealkylation sites (tertiary alicyclic amines) is 2. The van der Waals surface area contributed by atoms with E-state index in [4.69, 9.17) is 4.74 Å². The lowest BCUT2D eigenvalue weighted by molar-refractivity contribution is 0.0169. The average molecular weight is 323 g/mol. The third kappa shape index (κ3) is 4.60. The molecule has 5 heteroatoms. The molecule has 132 valence electrons. The zero-order chi connectivity index (χ0) is 16.1. The molecule has 0 aromatic heterocycles. The molecule has 3 aliphatic rings. The Morgan fingerprint density at radius 1 is 0.913 bits per heavy atom. The first-order chi connectivity index (χ1) is 11.3. The van der Waals surface area contributed by atoms with Gasteiger partial charge in [-0.05, 0) is 38.5 Å². The molecule has 2 aliphatic heterocycles. The second kappa shape index (κ2) is 8.34. The lowest BCUT2D eigenvalue weighted by Crippen LogP contribution is -2.53. The molecule has 1 saturated carbocycles. The molecule has 2 saturated heterocycles. The molecule has 1 aliphatic carbocycles. The van der Waals surface area contributed by atoms with Crippen molar-refractivity contribution >= 4 is 6.03 Å². The van der Waals surface area contributed by atoms with Crippen LogP contribution >= 0.6 is 0 Å². The van der Waals surface area contributed by atoms with Gasteiger partial charge in [-0.15, -0.1) is 0 Å². The van der Waals surface area contributed by atoms with Crippen molar-refractivity contribution in [2.24, 2.45) is 0 Å². The van der Waals surface area contributed by atoms with E-state index in [1.165, 1.54) is 19.3 Å². The van der Waals surface area contributed by atoms with Gasteiger partial charge >= 0.3 is 6.03 Å². The number of nitrogens with one attached hydrogen (secondary N) is 1. The monoisotopic (exact) mass is 323 g/mol. The fourth-order valence-electron chi connectivity index (χ4n) is 4.42. The summed E-state index contributed by atoms with van der Waals surface area (Å²) in [6.45, 7) is 4.12. The van der Waals surface area contributed by atoms with Gasteiger partial charge in [-0.2, -0.15) is 0 Å². The van der Waals surface area contributed by atoms with Gasteiger partial charge in [0.15, 0.2) is 0 Å². The van der Waals surface area contributed by atoms with Crippen molar-refractivity contribution in [1.82, 2.24) is 15.1 Å². The third-order valence-electron chi connectivity index (χ3n) is 6.01. The predicted octanol–water partition coefficient (Wildman–Crippen LogP) is 2.60. The van der Waals surface area contributed by atoms with E-state index in [0.717, 1.165) is 64.7 Å². The van der Waals surface area contributed by atoms with Crippen LogP contribution in [0.1, 0.15) is 57.8 Å². The molecule has 3 fully saturated rings. The van der Waals surface area contributed by atoms with Crippen LogP contribution in [-0.2, 0) is 4.74 Å². The highest BCUT2D eigenvalue weighted by atomic mass is 16.5. The molecule has 2 amide bonds. The van der Waals surface area contributed by atoms with Gasteiger partial charge in [0, 0.05) is 45.4 Å². The molecule has 0 aromatic carbocycles. The van der Waals surface area contributed by atoms with Crippen molar-refractivity contribution in [2.45, 2.75) is 76.0 Å². The number of piperidine rings is 2. The van der Waals surface area contributed by atoms with Gasteiger partial charge in [0.2, 0.25) is 0 Å². The summed E-state index contributed by atoms with van der Waals surface area (Å²) in [6.07, 6.45) is 11.2. The standard InChI is InChI=1S/C18H33N3O2/c1-23-17-9-13-20(14-10-17)16-7-11-21(12-8-16)18(22)19-15-5-3-2-4-6-15/h15-17H,2-14H2,1H3,(H,19,22). The lowest BCUT2D eigenvalue weighted by Gasteiger charge is -2.41. The lowest BCUT2D eigenvalue weighted by atomic mass is 9.95. The summed E-state index contributed by atoms with van der Waals surface area (Å²) in [4.78, 5) is 17.1. The number of nitrogens with zero attached hydrogens (tertiary/aromatic N) is 2. The highest BCUT2D eigenvalue weighted by Crippen LogP contribution is 2.23. The molecule has 0 atom stereocenters. The molecule has 23 heavy (non-hydrogen) atoms. The van der Waals surface area contributed by atoms with Crippen molar-refractivity contribution in [3.05, 3.63) is 0 Å². The molecule has 0 spiro atoms. The van der Waals surface area contributed by atoms with Gasteiger partial charge in [0.1, 0.15) is 0 Å². The first kappa shape index (κ1) is 17.0. The zero-order valence-electron chi connectivity index (χ0n) is 14.6. The average Bonchev–Trinajstić information content (AvgIpc) is 2.63. The Hall–Kier alpha value is -0.810. The highest BCUT2D eigenvalue weighted by Gasteiger charge is 2.30. The number of hydrogen-bond acceptors (Lipinski definition) is 3. The van der Waals surface area contributed by atoms with E-state index in [2.05, 4.69) is 10.2 Å². The summed E-state index contributed by atoms with van der Waals surface area (Å²) in [5.74, 6) is 0. The SMILES string of the molecule is COC1CCN(C2CCN(C(=O)NC3CCCCC3)CC2)CC1. The second-order valence-corrected chi connectivity index (χ2v) is 7.47. The summed E-state index contributed by atoms with van der Waals surface area (Å²) in [6, 6.07) is 1.25. The van der Waals surface area contributed by atoms with Crippen molar-refractivity contribution in [1.29, 1.82) is 0 Å². The van der Waals surface area contributed by atoms with Crippen LogP contribution < -0.4 is 5.32 Å². The highest BCUT2D eigenvalue weighted by molar-refractivity contribution is 5.74. The summed E-state index contributed by atoms with van der Waals surface area (Å²) in [5.41, 5.74) is 0. The topological polar surface area (TPSA) is 44.8 Å². The van der Waals surface area contributed by atoms with Gasteiger partial charge in [-0.25, -0.2) is 4.79 Å². The van der Waals surface area contributed by atoms with Crippen LogP contribution in [0.2, 0.25) is 0 Å². The summed E-state index contributed by atoms with van der Waals surface area (Å²) < 4.78 is 5.46. The number of hydrogen-bond donors (Lipinski definition) is 1. The fraction of sp³-hybridized carbons (Fsp3) is 0.944. The maximum absolute atomic E-state index is 12.4. The van der Waals surface area contributed by atoms with Crippen molar-refractivity contribution in [2.75, 3.05) is 33.3 Å². The van der Waals surface area contributed by atoms with E-state index < -0.39 is 0 Å². The summed E-state index contributed by atoms with van der Waals surface area (Å²) >= 11 is 0. The van der Waals surface area contributed by atoms with E-state index in [9.17, 15) is 4.79 Å². The van der Waals surface area contributed by atoms with Gasteiger partial charge in [0.25, 0.3) is 0 Å². The second-order valence-electron chi connectivity index (χ2n) is 7.47. The van der Waals surface area contributed by atoms with Crippen LogP contribution in [0, 0.1) is 0 Å². The Morgan fingerprint density at radius 3 is 2.17 bits per heavy atom. The number of carbonyl (C=O) groups is 1. The van der Waals surface area contributed by atoms with Crippen LogP contribution in [-0.4, -0.2) is 67.3 Å². The molecule has 0 radical (unpaired) electrons. The van der Waals surface area contributed by atoms with E-state index >= 15 is 0 Å². The molecule has 3 rings (SSSR count). The summed E-state index contributed by atoms with van der Waals surface area (Å²) in [7, 11) is 1.82. The minimum atomic E-state index is 0.174. The van der Waals surface area contributed by atoms with Crippen LogP contribution in [0.3, 0.4) is 0 Å². The molecule has 5 nitrogen and oxygen atoms in total. The quantitative estimate of drug-likeness (QED) is 0.868. The Balaban J connectivity index is 1.38. The van der Waals surface area contributed by atoms with Crippen molar-refractivity contribution in [3.8, 4) is 0 Å². The first-order valence-corrected chi connectivity index (χ1v) is 9.58. The minimum Gasteiger partial charge on any atom is -0.381 e. The Morgan fingerprint density at radius 2 is 1.57 bits per heavy atom. The van der Waals surface area contributed by atoms with Crippen LogP contribution in [0.5, 0.6) is 0 Å². The number of amides is 2. The smallest absolute Gasteiger partial charge is 0.317 e. The van der Waals surface area contributed by atoms with Gasteiger partial charge < -0.3 is 19.9 Å². The van der Waals surface area contributed by atoms with E-state index in [0.29, 0.717) is 18.2 Å². The molecular weight excluding hydrogens is 290 g/mol. The van der Waals surface area contributed by atoms with Gasteiger partial charge in [-0.3, -0.25) is 0 Å². The fourth-order valence-corrected chi connectivity index (χ4v) is 4.42. The first-order valence-electron chi connectivity index (χ1n) is 9.58. The zero-order valence-corrected chi connectivity index (χ0v) is 14.6. The van der Waals surface area contributed by atoms with E-state index in [-0.39, 0.29) is 6.03 Å². The molecule has 0 aromatic rings. The largest absolute Gasteiger partial charge is 0.381 e. The summed E-state index contributed by atoms with van der Waals surface area (Å²) in [5, 5.41) is 3.25. The number of urea groups is 1. The Kier molecular flexibility index (Phi) is 6.17. The predicted molar refractivity (Wildman–Crippen MR) is 91.6 cm³/mol. The van der Waals surface area contributed by atoms with Crippen molar-refractivity contribution in [3.63, 3.8) is 0 Å². The van der Waals surface area contributed by atoms with Crippen LogP contribution in [0.4, 0.5) is 4.79 Å². The molecular formula is C18H33N3O2. The number of ether oxygens (including phenoxy) is 1. The molecule has 2 heterocycles. The van der Waals surface area contributed by atoms with Crippen LogP contribution in [0.15, 0.2) is 0 Å². The maximum atomic E-state index is 12.4. The van der Waals surface area contributed by atoms with Gasteiger partial charge in [-0.1, -0.05) is 19.3 Å². The molecule has 0 unspecified atom stereocenters. The molecule has 1 N–H and O–H groups in total. The molecule has 0 bridgehead atoms. The maximum Gasteiger partial charge on any atom is 0.317 e. The van der Waals surface area contributed by atoms with Crippen LogP contribution in [0.25, 0.3) is 0 Å². The Labute approximate surface area is 140 Å². The van der Waals surface area contributed by atoms with Crippen molar-refractivity contribution < 1.29 is 9.53 Å².